The summed E-state index contributed by atoms with van der Waals surface area (Å²) < 4.78 is 1.77. The maximum atomic E-state index is 8.66. The molecule has 0 radical (unpaired) electrons. The Morgan fingerprint density at radius 1 is 1.36 bits per heavy atom. The maximum Gasteiger partial charge on any atom is 0.141 e. The number of hydrogen-bond acceptors (Lipinski definition) is 5. The Labute approximate surface area is 127 Å². The van der Waals surface area contributed by atoms with E-state index in [1.54, 1.807) is 10.8 Å². The Bertz CT molecular complexity index is 832. The summed E-state index contributed by atoms with van der Waals surface area (Å²) >= 11 is 0. The third-order valence-corrected chi connectivity index (χ3v) is 4.58. The van der Waals surface area contributed by atoms with Crippen molar-refractivity contribution in [1.82, 2.24) is 30.1 Å². The third-order valence-electron chi connectivity index (χ3n) is 4.58. The van der Waals surface area contributed by atoms with Crippen LogP contribution < -0.4 is 5.32 Å². The molecule has 1 aliphatic rings. The van der Waals surface area contributed by atoms with Gasteiger partial charge in [0.1, 0.15) is 17.5 Å². The zero-order valence-electron chi connectivity index (χ0n) is 12.2. The molecule has 1 fully saturated rings. The standard InChI is InChI=1S/C15H17N7/c16-6-8-17-11-3-1-10(2-4-11)13-14-12-5-7-18-15(12)19-9-22(14)21-20-13/h5,7,9-11,17-18H,1-4,8H2. The summed E-state index contributed by atoms with van der Waals surface area (Å²) in [7, 11) is 0. The first-order chi connectivity index (χ1) is 10.9. The predicted molar refractivity (Wildman–Crippen MR) is 81.3 cm³/mol. The van der Waals surface area contributed by atoms with Crippen LogP contribution in [0.1, 0.15) is 37.3 Å². The molecule has 3 heterocycles. The second kappa shape index (κ2) is 5.39. The van der Waals surface area contributed by atoms with Crippen LogP contribution in [0.4, 0.5) is 0 Å². The number of H-pyrrole nitrogens is 1. The summed E-state index contributed by atoms with van der Waals surface area (Å²) in [5.41, 5.74) is 3.02. The number of nitrogens with zero attached hydrogens (tertiary/aromatic N) is 5. The van der Waals surface area contributed by atoms with Gasteiger partial charge in [0, 0.05) is 23.5 Å². The molecule has 2 N–H and O–H groups in total. The van der Waals surface area contributed by atoms with Gasteiger partial charge < -0.3 is 10.3 Å². The van der Waals surface area contributed by atoms with Gasteiger partial charge in [-0.2, -0.15) is 5.26 Å². The molecule has 0 spiro atoms. The molecular weight excluding hydrogens is 278 g/mol. The second-order valence-electron chi connectivity index (χ2n) is 5.84. The van der Waals surface area contributed by atoms with E-state index in [9.17, 15) is 0 Å². The van der Waals surface area contributed by atoms with Crippen molar-refractivity contribution in [3.8, 4) is 6.07 Å². The van der Waals surface area contributed by atoms with Crippen LogP contribution in [0.2, 0.25) is 0 Å². The van der Waals surface area contributed by atoms with Crippen LogP contribution in [0, 0.1) is 11.3 Å². The van der Waals surface area contributed by atoms with E-state index < -0.39 is 0 Å². The first-order valence-electron chi connectivity index (χ1n) is 7.64. The molecule has 0 bridgehead atoms. The van der Waals surface area contributed by atoms with Gasteiger partial charge in [-0.25, -0.2) is 9.50 Å². The molecule has 7 heteroatoms. The molecule has 1 saturated carbocycles. The van der Waals surface area contributed by atoms with Gasteiger partial charge in [-0.3, -0.25) is 0 Å². The quantitative estimate of drug-likeness (QED) is 0.718. The van der Waals surface area contributed by atoms with E-state index >= 15 is 0 Å². The number of hydrogen-bond donors (Lipinski definition) is 2. The highest BCUT2D eigenvalue weighted by Crippen LogP contribution is 2.35. The van der Waals surface area contributed by atoms with Gasteiger partial charge >= 0.3 is 0 Å². The molecule has 1 aliphatic carbocycles. The number of aromatic amines is 1. The highest BCUT2D eigenvalue weighted by Gasteiger charge is 2.26. The van der Waals surface area contributed by atoms with Crippen LogP contribution in [0.5, 0.6) is 0 Å². The predicted octanol–water partition coefficient (Wildman–Crippen LogP) is 1.74. The molecular formula is C15H17N7. The monoisotopic (exact) mass is 295 g/mol. The average molecular weight is 295 g/mol. The van der Waals surface area contributed by atoms with Crippen LogP contribution in [-0.2, 0) is 0 Å². The van der Waals surface area contributed by atoms with Crippen LogP contribution in [0.3, 0.4) is 0 Å². The molecule has 7 nitrogen and oxygen atoms in total. The van der Waals surface area contributed by atoms with Gasteiger partial charge in [0.05, 0.1) is 18.3 Å². The lowest BCUT2D eigenvalue weighted by molar-refractivity contribution is 0.349. The number of nitrogens with one attached hydrogen (secondary N) is 2. The van der Waals surface area contributed by atoms with Gasteiger partial charge in [-0.15, -0.1) is 5.10 Å². The van der Waals surface area contributed by atoms with Gasteiger partial charge in [0.2, 0.25) is 0 Å². The number of fused-ring (bicyclic) bond motifs is 3. The van der Waals surface area contributed by atoms with Crippen molar-refractivity contribution in [1.29, 1.82) is 5.26 Å². The van der Waals surface area contributed by atoms with Gasteiger partial charge in [0.25, 0.3) is 0 Å². The van der Waals surface area contributed by atoms with E-state index in [-0.39, 0.29) is 0 Å². The highest BCUT2D eigenvalue weighted by atomic mass is 15.4. The van der Waals surface area contributed by atoms with Crippen molar-refractivity contribution < 1.29 is 0 Å². The summed E-state index contributed by atoms with van der Waals surface area (Å²) in [5.74, 6) is 0.429. The fourth-order valence-electron chi connectivity index (χ4n) is 3.45. The second-order valence-corrected chi connectivity index (χ2v) is 5.84. The molecule has 3 aromatic rings. The van der Waals surface area contributed by atoms with E-state index in [1.807, 2.05) is 12.3 Å². The van der Waals surface area contributed by atoms with E-state index in [2.05, 4.69) is 31.7 Å². The molecule has 0 atom stereocenters. The SMILES string of the molecule is N#CCNC1CCC(c2nnn3cnc4[nH]ccc4c23)CC1. The van der Waals surface area contributed by atoms with Crippen molar-refractivity contribution in [3.05, 3.63) is 24.3 Å². The topological polar surface area (TPSA) is 94.7 Å². The first-order valence-corrected chi connectivity index (χ1v) is 7.64. The zero-order chi connectivity index (χ0) is 14.9. The molecule has 0 unspecified atom stereocenters. The van der Waals surface area contributed by atoms with Crippen molar-refractivity contribution >= 4 is 16.6 Å². The van der Waals surface area contributed by atoms with E-state index in [0.717, 1.165) is 47.9 Å². The lowest BCUT2D eigenvalue weighted by atomic mass is 9.83. The largest absolute Gasteiger partial charge is 0.346 e. The van der Waals surface area contributed by atoms with Crippen molar-refractivity contribution in [2.24, 2.45) is 0 Å². The molecule has 3 aromatic heterocycles. The van der Waals surface area contributed by atoms with Crippen molar-refractivity contribution in [2.75, 3.05) is 6.54 Å². The fourth-order valence-corrected chi connectivity index (χ4v) is 3.45. The van der Waals surface area contributed by atoms with Crippen LogP contribution in [0.15, 0.2) is 18.6 Å². The summed E-state index contributed by atoms with van der Waals surface area (Å²) in [5, 5.41) is 21.7. The molecule has 0 amide bonds. The number of rotatable bonds is 3. The number of nitriles is 1. The van der Waals surface area contributed by atoms with E-state index in [0.29, 0.717) is 18.5 Å². The molecule has 0 aliphatic heterocycles. The Balaban J connectivity index is 1.62. The fraction of sp³-hybridized carbons (Fsp3) is 0.467. The lowest BCUT2D eigenvalue weighted by Gasteiger charge is -2.27. The Morgan fingerprint density at radius 3 is 3.05 bits per heavy atom. The maximum absolute atomic E-state index is 8.66. The molecule has 112 valence electrons. The first kappa shape index (κ1) is 13.2. The normalized spacial score (nSPS) is 22.1. The summed E-state index contributed by atoms with van der Waals surface area (Å²) in [6.07, 6.45) is 7.92. The Morgan fingerprint density at radius 2 is 2.23 bits per heavy atom. The summed E-state index contributed by atoms with van der Waals surface area (Å²) in [6.45, 7) is 0.430. The Hall–Kier alpha value is -2.46. The van der Waals surface area contributed by atoms with E-state index in [1.165, 1.54) is 0 Å². The van der Waals surface area contributed by atoms with Crippen molar-refractivity contribution in [2.45, 2.75) is 37.6 Å². The number of aromatic nitrogens is 5. The smallest absolute Gasteiger partial charge is 0.141 e. The third kappa shape index (κ3) is 2.12. The van der Waals surface area contributed by atoms with E-state index in [4.69, 9.17) is 5.26 Å². The minimum Gasteiger partial charge on any atom is -0.346 e. The zero-order valence-corrected chi connectivity index (χ0v) is 12.2. The molecule has 22 heavy (non-hydrogen) atoms. The van der Waals surface area contributed by atoms with Crippen molar-refractivity contribution in [3.63, 3.8) is 0 Å². The van der Waals surface area contributed by atoms with Crippen LogP contribution in [0.25, 0.3) is 16.6 Å². The highest BCUT2D eigenvalue weighted by molar-refractivity contribution is 5.92. The molecule has 4 rings (SSSR count). The van der Waals surface area contributed by atoms with Gasteiger partial charge in [0.15, 0.2) is 0 Å². The minimum absolute atomic E-state index is 0.429. The molecule has 0 saturated heterocycles. The molecule has 0 aromatic carbocycles. The lowest BCUT2D eigenvalue weighted by Crippen LogP contribution is -2.33. The van der Waals surface area contributed by atoms with Gasteiger partial charge in [-0.1, -0.05) is 5.21 Å². The van der Waals surface area contributed by atoms with Gasteiger partial charge in [-0.05, 0) is 31.7 Å². The summed E-state index contributed by atoms with van der Waals surface area (Å²) in [6, 6.07) is 4.63. The van der Waals surface area contributed by atoms with Crippen LogP contribution in [-0.4, -0.2) is 37.4 Å². The Kier molecular flexibility index (Phi) is 3.24. The minimum atomic E-state index is 0.429. The van der Waals surface area contributed by atoms with Crippen LogP contribution >= 0.6 is 0 Å². The summed E-state index contributed by atoms with van der Waals surface area (Å²) in [4.78, 5) is 7.48. The average Bonchev–Trinajstić information content (AvgIpc) is 3.19.